The zero-order valence-electron chi connectivity index (χ0n) is 14.0. The molecule has 3 aromatic rings. The molecular weight excluding hydrogens is 320 g/mol. The molecule has 126 valence electrons. The number of aryl methyl sites for hydroxylation is 3. The molecule has 0 aliphatic heterocycles. The average molecular weight is 342 g/mol. The Balaban J connectivity index is 1.60. The lowest BCUT2D eigenvalue weighted by atomic mass is 10.1. The van der Waals surface area contributed by atoms with Crippen LogP contribution >= 0.6 is 0 Å². The van der Waals surface area contributed by atoms with Crippen molar-refractivity contribution in [1.29, 1.82) is 0 Å². The second kappa shape index (κ2) is 6.79. The van der Waals surface area contributed by atoms with Gasteiger partial charge in [-0.15, -0.1) is 0 Å². The first-order chi connectivity index (χ1) is 11.5. The van der Waals surface area contributed by atoms with E-state index in [1.54, 1.807) is 12.1 Å². The summed E-state index contributed by atoms with van der Waals surface area (Å²) >= 11 is 0. The van der Waals surface area contributed by atoms with Crippen LogP contribution in [0.5, 0.6) is 0 Å². The van der Waals surface area contributed by atoms with Crippen molar-refractivity contribution in [2.45, 2.75) is 31.7 Å². The minimum absolute atomic E-state index is 0.331. The molecular formula is C19H22N2O2S. The van der Waals surface area contributed by atoms with Crippen LogP contribution in [0.25, 0.3) is 10.9 Å². The Hall–Kier alpha value is -2.11. The van der Waals surface area contributed by atoms with Crippen molar-refractivity contribution in [3.8, 4) is 0 Å². The van der Waals surface area contributed by atoms with Crippen molar-refractivity contribution >= 4 is 20.9 Å². The van der Waals surface area contributed by atoms with Gasteiger partial charge in [0.25, 0.3) is 0 Å². The van der Waals surface area contributed by atoms with Gasteiger partial charge in [-0.25, -0.2) is 13.1 Å². The van der Waals surface area contributed by atoms with E-state index in [0.717, 1.165) is 24.1 Å². The quantitative estimate of drug-likeness (QED) is 0.696. The van der Waals surface area contributed by atoms with Gasteiger partial charge in [0.15, 0.2) is 0 Å². The maximum Gasteiger partial charge on any atom is 0.240 e. The normalized spacial score (nSPS) is 11.9. The highest BCUT2D eigenvalue weighted by atomic mass is 32.2. The summed E-state index contributed by atoms with van der Waals surface area (Å²) in [6.45, 7) is 5.09. The third-order valence-corrected chi connectivity index (χ3v) is 5.80. The maximum absolute atomic E-state index is 12.4. The van der Waals surface area contributed by atoms with Crippen LogP contribution in [0, 0.1) is 13.8 Å². The fourth-order valence-electron chi connectivity index (χ4n) is 2.76. The van der Waals surface area contributed by atoms with E-state index in [2.05, 4.69) is 27.5 Å². The monoisotopic (exact) mass is 342 g/mol. The molecule has 0 saturated heterocycles. The van der Waals surface area contributed by atoms with E-state index in [1.165, 1.54) is 10.9 Å². The van der Waals surface area contributed by atoms with Gasteiger partial charge in [0.05, 0.1) is 4.90 Å². The van der Waals surface area contributed by atoms with Crippen molar-refractivity contribution in [2.24, 2.45) is 0 Å². The Morgan fingerprint density at radius 2 is 1.79 bits per heavy atom. The van der Waals surface area contributed by atoms with Crippen LogP contribution in [0.15, 0.2) is 59.6 Å². The summed E-state index contributed by atoms with van der Waals surface area (Å²) in [4.78, 5) is 0.331. The first-order valence-corrected chi connectivity index (χ1v) is 9.56. The van der Waals surface area contributed by atoms with E-state index in [9.17, 15) is 8.42 Å². The van der Waals surface area contributed by atoms with Crippen molar-refractivity contribution < 1.29 is 8.42 Å². The molecule has 0 fully saturated rings. The zero-order chi connectivity index (χ0) is 17.2. The summed E-state index contributed by atoms with van der Waals surface area (Å²) in [5, 5.41) is 1.20. The molecule has 4 nitrogen and oxygen atoms in total. The molecule has 1 heterocycles. The largest absolute Gasteiger partial charge is 0.347 e. The van der Waals surface area contributed by atoms with Crippen LogP contribution < -0.4 is 4.72 Å². The summed E-state index contributed by atoms with van der Waals surface area (Å²) in [6, 6.07) is 15.5. The Morgan fingerprint density at radius 3 is 2.58 bits per heavy atom. The highest BCUT2D eigenvalue weighted by Crippen LogP contribution is 2.16. The number of hydrogen-bond acceptors (Lipinski definition) is 2. The smallest absolute Gasteiger partial charge is 0.240 e. The molecule has 1 N–H and O–H groups in total. The maximum atomic E-state index is 12.4. The molecule has 0 spiro atoms. The lowest BCUT2D eigenvalue weighted by Crippen LogP contribution is -2.25. The number of hydrogen-bond donors (Lipinski definition) is 1. The molecule has 0 radical (unpaired) electrons. The van der Waals surface area contributed by atoms with Gasteiger partial charge in [-0.3, -0.25) is 0 Å². The topological polar surface area (TPSA) is 51.1 Å². The van der Waals surface area contributed by atoms with Gasteiger partial charge in [-0.2, -0.15) is 0 Å². The van der Waals surface area contributed by atoms with Crippen molar-refractivity contribution in [1.82, 2.24) is 9.29 Å². The van der Waals surface area contributed by atoms with Crippen LogP contribution in [0.4, 0.5) is 0 Å². The Bertz CT molecular complexity index is 958. The minimum Gasteiger partial charge on any atom is -0.347 e. The Labute approximate surface area is 143 Å². The summed E-state index contributed by atoms with van der Waals surface area (Å²) in [5.41, 5.74) is 3.25. The van der Waals surface area contributed by atoms with Gasteiger partial charge < -0.3 is 4.57 Å². The van der Waals surface area contributed by atoms with E-state index in [1.807, 2.05) is 38.2 Å². The summed E-state index contributed by atoms with van der Waals surface area (Å²) < 4.78 is 29.5. The fraction of sp³-hybridized carbons (Fsp3) is 0.263. The number of nitrogens with one attached hydrogen (secondary N) is 1. The molecule has 5 heteroatoms. The molecule has 24 heavy (non-hydrogen) atoms. The van der Waals surface area contributed by atoms with Crippen LogP contribution in [0.2, 0.25) is 0 Å². The minimum atomic E-state index is -3.44. The SMILES string of the molecule is Cc1ccc(S(=O)(=O)NCCCn2ccc3ccccc32)cc1C. The third kappa shape index (κ3) is 3.52. The van der Waals surface area contributed by atoms with Gasteiger partial charge in [-0.1, -0.05) is 24.3 Å². The van der Waals surface area contributed by atoms with E-state index < -0.39 is 10.0 Å². The molecule has 0 atom stereocenters. The number of nitrogens with zero attached hydrogens (tertiary/aromatic N) is 1. The van der Waals surface area contributed by atoms with E-state index >= 15 is 0 Å². The number of sulfonamides is 1. The average Bonchev–Trinajstić information content (AvgIpc) is 2.97. The molecule has 2 aromatic carbocycles. The van der Waals surface area contributed by atoms with E-state index in [4.69, 9.17) is 0 Å². The Morgan fingerprint density at radius 1 is 1.00 bits per heavy atom. The number of aromatic nitrogens is 1. The van der Waals surface area contributed by atoms with Crippen molar-refractivity contribution in [2.75, 3.05) is 6.54 Å². The molecule has 0 saturated carbocycles. The lowest BCUT2D eigenvalue weighted by Gasteiger charge is -2.09. The summed E-state index contributed by atoms with van der Waals surface area (Å²) in [7, 11) is -3.44. The molecule has 0 unspecified atom stereocenters. The van der Waals surface area contributed by atoms with Gasteiger partial charge in [0, 0.05) is 24.8 Å². The standard InChI is InChI=1S/C19H22N2O2S/c1-15-8-9-18(14-16(15)2)24(22,23)20-11-5-12-21-13-10-17-6-3-4-7-19(17)21/h3-4,6-10,13-14,20H,5,11-12H2,1-2H3. The highest BCUT2D eigenvalue weighted by molar-refractivity contribution is 7.89. The summed E-state index contributed by atoms with van der Waals surface area (Å²) in [5.74, 6) is 0. The first-order valence-electron chi connectivity index (χ1n) is 8.08. The number of rotatable bonds is 6. The van der Waals surface area contributed by atoms with Gasteiger partial charge in [0.2, 0.25) is 10.0 Å². The van der Waals surface area contributed by atoms with E-state index in [-0.39, 0.29) is 0 Å². The van der Waals surface area contributed by atoms with Crippen molar-refractivity contribution in [3.05, 3.63) is 65.9 Å². The van der Waals surface area contributed by atoms with E-state index in [0.29, 0.717) is 11.4 Å². The molecule has 0 aliphatic rings. The second-order valence-electron chi connectivity index (χ2n) is 6.07. The van der Waals surface area contributed by atoms with Gasteiger partial charge in [-0.05, 0) is 61.0 Å². The van der Waals surface area contributed by atoms with Crippen LogP contribution in [-0.4, -0.2) is 19.5 Å². The zero-order valence-corrected chi connectivity index (χ0v) is 14.8. The fourth-order valence-corrected chi connectivity index (χ4v) is 3.91. The molecule has 1 aromatic heterocycles. The van der Waals surface area contributed by atoms with Crippen LogP contribution in [0.3, 0.4) is 0 Å². The third-order valence-electron chi connectivity index (χ3n) is 4.34. The lowest BCUT2D eigenvalue weighted by molar-refractivity contribution is 0.572. The number of benzene rings is 2. The first kappa shape index (κ1) is 16.7. The summed E-state index contributed by atoms with van der Waals surface area (Å²) in [6.07, 6.45) is 2.78. The molecule has 0 bridgehead atoms. The van der Waals surface area contributed by atoms with Gasteiger partial charge in [0.1, 0.15) is 0 Å². The highest BCUT2D eigenvalue weighted by Gasteiger charge is 2.13. The van der Waals surface area contributed by atoms with Crippen molar-refractivity contribution in [3.63, 3.8) is 0 Å². The van der Waals surface area contributed by atoms with Gasteiger partial charge >= 0.3 is 0 Å². The van der Waals surface area contributed by atoms with Crippen LogP contribution in [0.1, 0.15) is 17.5 Å². The number of para-hydroxylation sites is 1. The molecule has 0 amide bonds. The predicted octanol–water partition coefficient (Wildman–Crippen LogP) is 3.63. The number of fused-ring (bicyclic) bond motifs is 1. The molecule has 0 aliphatic carbocycles. The predicted molar refractivity (Wildman–Crippen MR) is 97.7 cm³/mol. The van der Waals surface area contributed by atoms with Crippen LogP contribution in [-0.2, 0) is 16.6 Å². The second-order valence-corrected chi connectivity index (χ2v) is 7.83. The molecule has 3 rings (SSSR count). The Kier molecular flexibility index (Phi) is 4.73.